The Morgan fingerprint density at radius 1 is 1.18 bits per heavy atom. The molecule has 0 bridgehead atoms. The van der Waals surface area contributed by atoms with E-state index in [-0.39, 0.29) is 40.6 Å². The number of ether oxygens (including phenoxy) is 1. The standard InChI is InChI=1S/C33H35F2N5O4S/c1-7-28(43)39-14-15-40(20(4)17-39)33(38-30-22(19(2)3)10-8-13-27(30)45-6)23-16-25(35)31(37-32(23)36-18-41)29-24(34)11-9-12-26(29)44-21(5)42/h7-13,16,18-20H,1,14-15,17H2,2-6H3,(H,36,37,41)/b38-33+. The molecule has 2 aromatic carbocycles. The summed E-state index contributed by atoms with van der Waals surface area (Å²) in [5.74, 6) is -2.62. The first kappa shape index (κ1) is 33.3. The fourth-order valence-corrected chi connectivity index (χ4v) is 5.82. The molecule has 0 aliphatic carbocycles. The first-order valence-corrected chi connectivity index (χ1v) is 15.5. The molecule has 45 heavy (non-hydrogen) atoms. The highest BCUT2D eigenvalue weighted by Crippen LogP contribution is 2.39. The Hall–Kier alpha value is -4.58. The number of nitrogens with one attached hydrogen (secondary N) is 1. The Balaban J connectivity index is 2.00. The topological polar surface area (TPSA) is 104 Å². The molecule has 2 amide bonds. The lowest BCUT2D eigenvalue weighted by molar-refractivity contribution is -0.132. The molecule has 0 spiro atoms. The summed E-state index contributed by atoms with van der Waals surface area (Å²) in [6.07, 6.45) is 3.59. The van der Waals surface area contributed by atoms with Gasteiger partial charge in [-0.3, -0.25) is 14.4 Å². The van der Waals surface area contributed by atoms with Crippen LogP contribution in [0.15, 0.2) is 65.0 Å². The number of thioether (sulfide) groups is 1. The first-order chi connectivity index (χ1) is 21.5. The van der Waals surface area contributed by atoms with E-state index in [1.54, 1.807) is 4.90 Å². The van der Waals surface area contributed by atoms with Crippen molar-refractivity contribution in [3.63, 3.8) is 0 Å². The number of carbonyl (C=O) groups excluding carboxylic acids is 3. The van der Waals surface area contributed by atoms with Crippen LogP contribution in [0.1, 0.15) is 44.7 Å². The largest absolute Gasteiger partial charge is 0.426 e. The number of rotatable bonds is 9. The number of carbonyl (C=O) groups is 3. The van der Waals surface area contributed by atoms with Gasteiger partial charge in [-0.05, 0) is 55.0 Å². The molecule has 1 aliphatic heterocycles. The van der Waals surface area contributed by atoms with Crippen LogP contribution in [0.25, 0.3) is 11.3 Å². The van der Waals surface area contributed by atoms with Crippen molar-refractivity contribution in [2.45, 2.75) is 44.6 Å². The molecule has 1 saturated heterocycles. The van der Waals surface area contributed by atoms with Crippen molar-refractivity contribution in [1.29, 1.82) is 0 Å². The van der Waals surface area contributed by atoms with Crippen molar-refractivity contribution in [3.05, 3.63) is 77.9 Å². The number of nitrogens with zero attached hydrogens (tertiary/aromatic N) is 4. The zero-order valence-corrected chi connectivity index (χ0v) is 26.6. The molecule has 1 unspecified atom stereocenters. The molecule has 2 heterocycles. The number of para-hydroxylation sites is 1. The molecule has 1 fully saturated rings. The number of piperazine rings is 1. The Labute approximate surface area is 265 Å². The van der Waals surface area contributed by atoms with Crippen LogP contribution in [0.4, 0.5) is 20.3 Å². The molecule has 236 valence electrons. The Kier molecular flexibility index (Phi) is 10.7. The van der Waals surface area contributed by atoms with Gasteiger partial charge in [-0.1, -0.05) is 38.6 Å². The van der Waals surface area contributed by atoms with E-state index in [9.17, 15) is 14.4 Å². The number of amidine groups is 1. The van der Waals surface area contributed by atoms with Gasteiger partial charge in [0.15, 0.2) is 5.82 Å². The Bertz CT molecular complexity index is 1660. The summed E-state index contributed by atoms with van der Waals surface area (Å²) in [5.41, 5.74) is 0.955. The Morgan fingerprint density at radius 2 is 1.91 bits per heavy atom. The summed E-state index contributed by atoms with van der Waals surface area (Å²) in [6.45, 7) is 11.8. The third kappa shape index (κ3) is 7.22. The maximum absolute atomic E-state index is 16.2. The van der Waals surface area contributed by atoms with Crippen molar-refractivity contribution in [1.82, 2.24) is 14.8 Å². The second-order valence-corrected chi connectivity index (χ2v) is 11.6. The summed E-state index contributed by atoms with van der Waals surface area (Å²) in [4.78, 5) is 50.0. The lowest BCUT2D eigenvalue weighted by Gasteiger charge is -2.41. The van der Waals surface area contributed by atoms with Crippen molar-refractivity contribution in [2.24, 2.45) is 4.99 Å². The average molecular weight is 636 g/mol. The highest BCUT2D eigenvalue weighted by Gasteiger charge is 2.32. The predicted octanol–water partition coefficient (Wildman–Crippen LogP) is 6.16. The molecule has 4 rings (SSSR count). The summed E-state index contributed by atoms with van der Waals surface area (Å²) < 4.78 is 36.5. The van der Waals surface area contributed by atoms with E-state index in [0.717, 1.165) is 29.5 Å². The van der Waals surface area contributed by atoms with Crippen molar-refractivity contribution < 1.29 is 27.9 Å². The summed E-state index contributed by atoms with van der Waals surface area (Å²) >= 11 is 1.51. The number of anilines is 1. The van der Waals surface area contributed by atoms with Crippen LogP contribution in [0, 0.1) is 11.6 Å². The third-order valence-electron chi connectivity index (χ3n) is 7.35. The number of hydrogen-bond donors (Lipinski definition) is 1. The van der Waals surface area contributed by atoms with E-state index in [1.807, 2.05) is 50.1 Å². The maximum atomic E-state index is 16.2. The van der Waals surface area contributed by atoms with E-state index < -0.39 is 23.3 Å². The lowest BCUT2D eigenvalue weighted by Crippen LogP contribution is -2.55. The smallest absolute Gasteiger partial charge is 0.308 e. The van der Waals surface area contributed by atoms with E-state index in [0.29, 0.717) is 37.6 Å². The zero-order chi connectivity index (χ0) is 32.8. The minimum Gasteiger partial charge on any atom is -0.426 e. The van der Waals surface area contributed by atoms with Gasteiger partial charge in [0, 0.05) is 37.5 Å². The first-order valence-electron chi connectivity index (χ1n) is 14.3. The van der Waals surface area contributed by atoms with Gasteiger partial charge in [0.2, 0.25) is 12.3 Å². The number of halogens is 2. The summed E-state index contributed by atoms with van der Waals surface area (Å²) in [6, 6.07) is 10.5. The van der Waals surface area contributed by atoms with Crippen molar-refractivity contribution >= 4 is 47.4 Å². The van der Waals surface area contributed by atoms with Gasteiger partial charge in [-0.15, -0.1) is 11.8 Å². The van der Waals surface area contributed by atoms with Gasteiger partial charge >= 0.3 is 5.97 Å². The highest BCUT2D eigenvalue weighted by molar-refractivity contribution is 7.98. The normalized spacial score (nSPS) is 15.2. The zero-order valence-electron chi connectivity index (χ0n) is 25.8. The van der Waals surface area contributed by atoms with Gasteiger partial charge in [-0.25, -0.2) is 18.8 Å². The Morgan fingerprint density at radius 3 is 2.53 bits per heavy atom. The maximum Gasteiger partial charge on any atom is 0.308 e. The predicted molar refractivity (Wildman–Crippen MR) is 172 cm³/mol. The number of hydrogen-bond acceptors (Lipinski definition) is 7. The minimum absolute atomic E-state index is 0.0818. The van der Waals surface area contributed by atoms with E-state index in [4.69, 9.17) is 9.73 Å². The van der Waals surface area contributed by atoms with E-state index in [2.05, 4.69) is 16.9 Å². The van der Waals surface area contributed by atoms with Crippen molar-refractivity contribution in [3.8, 4) is 17.0 Å². The molecule has 1 aliphatic rings. The second-order valence-electron chi connectivity index (χ2n) is 10.7. The molecule has 1 N–H and O–H groups in total. The number of esters is 1. The van der Waals surface area contributed by atoms with Crippen LogP contribution >= 0.6 is 11.8 Å². The molecular formula is C33H35F2N5O4S. The highest BCUT2D eigenvalue weighted by atomic mass is 32.2. The number of aromatic nitrogens is 1. The molecule has 0 radical (unpaired) electrons. The van der Waals surface area contributed by atoms with Crippen LogP contribution in [0.5, 0.6) is 5.75 Å². The number of amides is 2. The van der Waals surface area contributed by atoms with Gasteiger partial charge in [0.25, 0.3) is 0 Å². The quantitative estimate of drug-likeness (QED) is 0.0571. The number of pyridine rings is 1. The summed E-state index contributed by atoms with van der Waals surface area (Å²) in [5, 5.41) is 2.54. The van der Waals surface area contributed by atoms with Gasteiger partial charge in [0.05, 0.1) is 16.8 Å². The second kappa shape index (κ2) is 14.5. The fourth-order valence-electron chi connectivity index (χ4n) is 5.25. The molecule has 3 aromatic rings. The number of aliphatic imine (C=N–C) groups is 1. The fraction of sp³-hybridized carbons (Fsp3) is 0.303. The molecule has 1 aromatic heterocycles. The van der Waals surface area contributed by atoms with Crippen molar-refractivity contribution in [2.75, 3.05) is 31.2 Å². The van der Waals surface area contributed by atoms with Gasteiger partial charge in [-0.2, -0.15) is 0 Å². The van der Waals surface area contributed by atoms with Crippen LogP contribution in [-0.2, 0) is 14.4 Å². The van der Waals surface area contributed by atoms with E-state index >= 15 is 8.78 Å². The van der Waals surface area contributed by atoms with Gasteiger partial charge < -0.3 is 19.9 Å². The average Bonchev–Trinajstić information content (AvgIpc) is 3.00. The van der Waals surface area contributed by atoms with Crippen LogP contribution < -0.4 is 10.1 Å². The van der Waals surface area contributed by atoms with E-state index in [1.165, 1.54) is 30.0 Å². The SMILES string of the molecule is C=CC(=O)N1CCN(/C(=N/c2c(SC)cccc2C(C)C)c2cc(F)c(-c3c(F)cccc3OC(C)=O)nc2NC=O)C(C)C1. The molecule has 9 nitrogen and oxygen atoms in total. The molecule has 1 atom stereocenters. The third-order valence-corrected chi connectivity index (χ3v) is 8.12. The molecule has 0 saturated carbocycles. The van der Waals surface area contributed by atoms with Crippen LogP contribution in [-0.4, -0.2) is 70.8 Å². The minimum atomic E-state index is -0.928. The monoisotopic (exact) mass is 635 g/mol. The number of benzene rings is 2. The van der Waals surface area contributed by atoms with Gasteiger partial charge in [0.1, 0.15) is 28.9 Å². The molecular weight excluding hydrogens is 600 g/mol. The lowest BCUT2D eigenvalue weighted by atomic mass is 10.0. The molecule has 12 heteroatoms. The van der Waals surface area contributed by atoms with Crippen LogP contribution in [0.2, 0.25) is 0 Å². The summed E-state index contributed by atoms with van der Waals surface area (Å²) in [7, 11) is 0. The van der Waals surface area contributed by atoms with Crippen LogP contribution in [0.3, 0.4) is 0 Å².